The SMILES string of the molecule is COc1cccc(OC)c1-c1cc(C(=O)NC2(C(=O)O)C3CC4CC(C3)CC2C4)nn1-c1ccc(C(=O)N(C)CCCN(C)C)cc1C(C)C.O=S(=O)(O)O. The van der Waals surface area contributed by atoms with Gasteiger partial charge in [-0.05, 0) is 131 Å². The maximum Gasteiger partial charge on any atom is 0.394 e. The van der Waals surface area contributed by atoms with Gasteiger partial charge in [-0.15, -0.1) is 0 Å². The Hall–Kier alpha value is -4.51. The van der Waals surface area contributed by atoms with Crippen LogP contribution in [0.1, 0.15) is 84.7 Å². The van der Waals surface area contributed by atoms with E-state index >= 15 is 0 Å². The third-order valence-corrected chi connectivity index (χ3v) is 11.3. The molecule has 0 saturated heterocycles. The third-order valence-electron chi connectivity index (χ3n) is 11.3. The lowest BCUT2D eigenvalue weighted by Gasteiger charge is -2.59. The monoisotopic (exact) mass is 783 g/mol. The Labute approximate surface area is 322 Å². The zero-order valence-corrected chi connectivity index (χ0v) is 33.3. The lowest BCUT2D eigenvalue weighted by Crippen LogP contribution is -2.70. The number of aromatic nitrogens is 2. The van der Waals surface area contributed by atoms with E-state index < -0.39 is 27.8 Å². The van der Waals surface area contributed by atoms with Crippen molar-refractivity contribution in [3.8, 4) is 28.4 Å². The van der Waals surface area contributed by atoms with E-state index in [1.807, 2.05) is 51.5 Å². The number of carbonyl (C=O) groups is 3. The highest BCUT2D eigenvalue weighted by atomic mass is 32.3. The number of hydrogen-bond donors (Lipinski definition) is 4. The zero-order chi connectivity index (χ0) is 40.4. The van der Waals surface area contributed by atoms with Gasteiger partial charge in [0.15, 0.2) is 5.69 Å². The smallest absolute Gasteiger partial charge is 0.394 e. The van der Waals surface area contributed by atoms with Crippen LogP contribution < -0.4 is 14.8 Å². The molecule has 0 spiro atoms. The second-order valence-corrected chi connectivity index (χ2v) is 16.5. The van der Waals surface area contributed by atoms with Gasteiger partial charge in [-0.3, -0.25) is 18.7 Å². The topological polar surface area (TPSA) is 201 Å². The van der Waals surface area contributed by atoms with Crippen molar-refractivity contribution >= 4 is 28.2 Å². The quantitative estimate of drug-likeness (QED) is 0.168. The Balaban J connectivity index is 0.00000109. The van der Waals surface area contributed by atoms with Gasteiger partial charge in [0.2, 0.25) is 0 Å². The Morgan fingerprint density at radius 3 is 1.98 bits per heavy atom. The van der Waals surface area contributed by atoms with Crippen LogP contribution in [-0.2, 0) is 15.2 Å². The van der Waals surface area contributed by atoms with Crippen LogP contribution in [0.4, 0.5) is 0 Å². The number of benzene rings is 2. The molecule has 4 bridgehead atoms. The van der Waals surface area contributed by atoms with Gasteiger partial charge in [0, 0.05) is 19.2 Å². The number of aliphatic carboxylic acids is 1. The fraction of sp³-hybridized carbons (Fsp3) is 0.538. The van der Waals surface area contributed by atoms with E-state index in [1.54, 1.807) is 35.9 Å². The van der Waals surface area contributed by atoms with E-state index in [0.29, 0.717) is 52.4 Å². The summed E-state index contributed by atoms with van der Waals surface area (Å²) in [6.45, 7) is 5.62. The average Bonchev–Trinajstić information content (AvgIpc) is 3.56. The maximum atomic E-state index is 14.3. The molecular weight excluding hydrogens is 731 g/mol. The van der Waals surface area contributed by atoms with Crippen molar-refractivity contribution in [2.75, 3.05) is 48.5 Å². The molecule has 4 saturated carbocycles. The van der Waals surface area contributed by atoms with Gasteiger partial charge in [-0.2, -0.15) is 13.5 Å². The number of carboxylic acids is 1. The standard InChI is InChI=1S/C39H51N5O6.H2O4S/c1-23(2)29-21-26(37(46)43(5)15-9-14-42(3)4)12-13-31(29)44-32(35-33(49-6)10-8-11-34(35)50-7)22-30(41-44)36(45)40-39(38(47)48)27-17-24-16-25(19-27)20-28(39)18-24;1-5(2,3)4/h8,10-13,21-25,27-28H,9,14-20H2,1-7H3,(H,40,45)(H,47,48);(H2,1,2,3,4). The summed E-state index contributed by atoms with van der Waals surface area (Å²) in [7, 11) is 4.33. The van der Waals surface area contributed by atoms with Gasteiger partial charge in [-0.25, -0.2) is 9.48 Å². The Kier molecular flexibility index (Phi) is 12.6. The van der Waals surface area contributed by atoms with Crippen LogP contribution in [0.5, 0.6) is 11.5 Å². The van der Waals surface area contributed by atoms with Crippen LogP contribution in [0.2, 0.25) is 0 Å². The first kappa shape index (κ1) is 41.6. The second-order valence-electron chi connectivity index (χ2n) is 15.6. The van der Waals surface area contributed by atoms with Gasteiger partial charge in [0.05, 0.1) is 31.2 Å². The van der Waals surface area contributed by atoms with Crippen molar-refractivity contribution < 1.29 is 46.5 Å². The van der Waals surface area contributed by atoms with Crippen LogP contribution in [-0.4, -0.2) is 114 Å². The van der Waals surface area contributed by atoms with Crippen LogP contribution in [0.3, 0.4) is 0 Å². The molecule has 0 unspecified atom stereocenters. The highest BCUT2D eigenvalue weighted by molar-refractivity contribution is 7.79. The van der Waals surface area contributed by atoms with Gasteiger partial charge in [0.1, 0.15) is 17.0 Å². The van der Waals surface area contributed by atoms with Crippen molar-refractivity contribution in [1.29, 1.82) is 0 Å². The molecule has 0 atom stereocenters. The number of hydrogen-bond acceptors (Lipinski definition) is 9. The van der Waals surface area contributed by atoms with Crippen molar-refractivity contribution in [2.24, 2.45) is 23.7 Å². The lowest BCUT2D eigenvalue weighted by molar-refractivity contribution is -0.163. The molecule has 300 valence electrons. The normalized spacial score (nSPS) is 22.6. The Morgan fingerprint density at radius 2 is 1.49 bits per heavy atom. The second kappa shape index (κ2) is 16.7. The number of carboxylic acid groups (broad SMARTS) is 1. The van der Waals surface area contributed by atoms with Crippen LogP contribution >= 0.6 is 0 Å². The van der Waals surface area contributed by atoms with Crippen LogP contribution in [0.15, 0.2) is 42.5 Å². The van der Waals surface area contributed by atoms with Crippen molar-refractivity contribution in [3.63, 3.8) is 0 Å². The molecule has 4 N–H and O–H groups in total. The number of ether oxygens (including phenoxy) is 2. The summed E-state index contributed by atoms with van der Waals surface area (Å²) in [4.78, 5) is 44.7. The molecular formula is C39H53N5O10S. The number of carbonyl (C=O) groups excluding carboxylic acids is 2. The molecule has 0 aliphatic heterocycles. The van der Waals surface area contributed by atoms with E-state index in [2.05, 4.69) is 24.1 Å². The first-order chi connectivity index (χ1) is 25.9. The van der Waals surface area contributed by atoms with Gasteiger partial charge < -0.3 is 29.7 Å². The number of nitrogens with one attached hydrogen (secondary N) is 1. The fourth-order valence-corrected chi connectivity index (χ4v) is 9.03. The van der Waals surface area contributed by atoms with E-state index in [9.17, 15) is 19.5 Å². The molecule has 4 aliphatic carbocycles. The third kappa shape index (κ3) is 8.98. The minimum Gasteiger partial charge on any atom is -0.496 e. The van der Waals surface area contributed by atoms with Gasteiger partial charge >= 0.3 is 16.4 Å². The molecule has 16 heteroatoms. The molecule has 4 fully saturated rings. The zero-order valence-electron chi connectivity index (χ0n) is 32.5. The first-order valence-electron chi connectivity index (χ1n) is 18.5. The van der Waals surface area contributed by atoms with Gasteiger partial charge in [-0.1, -0.05) is 19.9 Å². The number of rotatable bonds is 13. The number of nitrogens with zero attached hydrogens (tertiary/aromatic N) is 4. The number of methoxy groups -OCH3 is 2. The minimum atomic E-state index is -4.67. The fourth-order valence-electron chi connectivity index (χ4n) is 9.03. The summed E-state index contributed by atoms with van der Waals surface area (Å²) >= 11 is 0. The highest BCUT2D eigenvalue weighted by Crippen LogP contribution is 2.58. The summed E-state index contributed by atoms with van der Waals surface area (Å²) in [6.07, 6.45) is 5.33. The molecule has 4 aliphatic rings. The molecule has 2 aromatic carbocycles. The molecule has 2 amide bonds. The predicted octanol–water partition coefficient (Wildman–Crippen LogP) is 5.06. The van der Waals surface area contributed by atoms with Crippen LogP contribution in [0.25, 0.3) is 16.9 Å². The van der Waals surface area contributed by atoms with E-state index in [1.165, 1.54) is 6.42 Å². The summed E-state index contributed by atoms with van der Waals surface area (Å²) in [5.41, 5.74) is 2.04. The molecule has 3 aromatic rings. The van der Waals surface area contributed by atoms with Crippen LogP contribution in [0, 0.1) is 23.7 Å². The van der Waals surface area contributed by atoms with Crippen molar-refractivity contribution in [1.82, 2.24) is 24.9 Å². The molecule has 1 aromatic heterocycles. The highest BCUT2D eigenvalue weighted by Gasteiger charge is 2.62. The van der Waals surface area contributed by atoms with Crippen molar-refractivity contribution in [2.45, 2.75) is 63.8 Å². The summed E-state index contributed by atoms with van der Waals surface area (Å²) in [6, 6.07) is 12.7. The van der Waals surface area contributed by atoms with Crippen molar-refractivity contribution in [3.05, 3.63) is 59.3 Å². The van der Waals surface area contributed by atoms with Gasteiger partial charge in [0.25, 0.3) is 11.8 Å². The predicted molar refractivity (Wildman–Crippen MR) is 205 cm³/mol. The summed E-state index contributed by atoms with van der Waals surface area (Å²) in [5, 5.41) is 18.7. The van der Waals surface area contributed by atoms with E-state index in [-0.39, 0.29) is 29.4 Å². The van der Waals surface area contributed by atoms with E-state index in [4.69, 9.17) is 32.1 Å². The average molecular weight is 784 g/mol. The molecule has 55 heavy (non-hydrogen) atoms. The summed E-state index contributed by atoms with van der Waals surface area (Å²) in [5.74, 6) is 0.360. The number of amides is 2. The molecule has 7 rings (SSSR count). The summed E-state index contributed by atoms with van der Waals surface area (Å²) < 4.78 is 44.9. The lowest BCUT2D eigenvalue weighted by atomic mass is 9.48. The Morgan fingerprint density at radius 1 is 0.927 bits per heavy atom. The largest absolute Gasteiger partial charge is 0.496 e. The first-order valence-corrected chi connectivity index (χ1v) is 19.9. The molecule has 1 heterocycles. The van der Waals surface area contributed by atoms with E-state index in [0.717, 1.165) is 44.2 Å². The molecule has 0 radical (unpaired) electrons. The Bertz CT molecular complexity index is 1950. The minimum absolute atomic E-state index is 0.00554. The molecule has 15 nitrogen and oxygen atoms in total. The maximum absolute atomic E-state index is 14.3.